The first-order chi connectivity index (χ1) is 9.17. The molecule has 1 aromatic carbocycles. The molecule has 0 bridgehead atoms. The van der Waals surface area contributed by atoms with Gasteiger partial charge in [-0.2, -0.15) is 0 Å². The predicted molar refractivity (Wildman–Crippen MR) is 74.1 cm³/mol. The van der Waals surface area contributed by atoms with Crippen LogP contribution >= 0.6 is 0 Å². The molecule has 106 valence electrons. The van der Waals surface area contributed by atoms with E-state index < -0.39 is 11.6 Å². The summed E-state index contributed by atoms with van der Waals surface area (Å²) < 4.78 is 26.1. The number of benzene rings is 1. The monoisotopic (exact) mass is 267 g/mol. The number of halogens is 2. The van der Waals surface area contributed by atoms with Crippen LogP contribution in [0.5, 0.6) is 0 Å². The molecule has 0 heterocycles. The van der Waals surface area contributed by atoms with E-state index in [-0.39, 0.29) is 0 Å². The van der Waals surface area contributed by atoms with Crippen LogP contribution in [-0.2, 0) is 6.42 Å². The molecule has 19 heavy (non-hydrogen) atoms. The van der Waals surface area contributed by atoms with E-state index in [4.69, 9.17) is 0 Å². The molecule has 0 amide bonds. The van der Waals surface area contributed by atoms with Gasteiger partial charge in [-0.25, -0.2) is 8.78 Å². The molecule has 1 aliphatic carbocycles. The second-order valence-electron chi connectivity index (χ2n) is 5.61. The lowest BCUT2D eigenvalue weighted by molar-refractivity contribution is 0.287. The molecule has 0 spiro atoms. The minimum Gasteiger partial charge on any atom is -0.314 e. The highest BCUT2D eigenvalue weighted by molar-refractivity contribution is 5.18. The fraction of sp³-hybridized carbons (Fsp3) is 0.625. The van der Waals surface area contributed by atoms with Crippen LogP contribution < -0.4 is 5.32 Å². The van der Waals surface area contributed by atoms with E-state index in [2.05, 4.69) is 12.2 Å². The van der Waals surface area contributed by atoms with Crippen molar-refractivity contribution in [2.24, 2.45) is 5.92 Å². The maximum Gasteiger partial charge on any atom is 0.126 e. The number of hydrogen-bond acceptors (Lipinski definition) is 1. The van der Waals surface area contributed by atoms with Gasteiger partial charge in [-0.3, -0.25) is 0 Å². The van der Waals surface area contributed by atoms with E-state index in [9.17, 15) is 8.78 Å². The van der Waals surface area contributed by atoms with Crippen LogP contribution in [0.15, 0.2) is 18.2 Å². The van der Waals surface area contributed by atoms with Gasteiger partial charge >= 0.3 is 0 Å². The highest BCUT2D eigenvalue weighted by Gasteiger charge is 2.19. The first-order valence-corrected chi connectivity index (χ1v) is 7.35. The Hall–Kier alpha value is -0.960. The van der Waals surface area contributed by atoms with Crippen LogP contribution in [0, 0.1) is 17.6 Å². The molecule has 0 saturated heterocycles. The van der Waals surface area contributed by atoms with Crippen molar-refractivity contribution >= 4 is 0 Å². The fourth-order valence-corrected chi connectivity index (χ4v) is 2.95. The third-order valence-corrected chi connectivity index (χ3v) is 4.19. The molecule has 1 saturated carbocycles. The van der Waals surface area contributed by atoms with Crippen molar-refractivity contribution in [1.82, 2.24) is 5.32 Å². The summed E-state index contributed by atoms with van der Waals surface area (Å²) in [5, 5.41) is 3.51. The molecule has 0 aromatic heterocycles. The van der Waals surface area contributed by atoms with Gasteiger partial charge in [-0.15, -0.1) is 0 Å². The van der Waals surface area contributed by atoms with Crippen LogP contribution in [0.2, 0.25) is 0 Å². The van der Waals surface area contributed by atoms with Gasteiger partial charge in [0, 0.05) is 12.1 Å². The Bertz CT molecular complexity index is 377. The normalized spacial score (nSPS) is 23.5. The first-order valence-electron chi connectivity index (χ1n) is 7.35. The molecule has 1 aliphatic rings. The van der Waals surface area contributed by atoms with Gasteiger partial charge in [-0.05, 0) is 62.3 Å². The highest BCUT2D eigenvalue weighted by Crippen LogP contribution is 2.26. The van der Waals surface area contributed by atoms with E-state index >= 15 is 0 Å². The molecule has 1 nitrogen and oxygen atoms in total. The average molecular weight is 267 g/mol. The predicted octanol–water partition coefficient (Wildman–Crippen LogP) is 4.07. The van der Waals surface area contributed by atoms with Crippen molar-refractivity contribution in [2.75, 3.05) is 6.54 Å². The summed E-state index contributed by atoms with van der Waals surface area (Å²) >= 11 is 0. The Morgan fingerprint density at radius 3 is 2.26 bits per heavy atom. The van der Waals surface area contributed by atoms with Crippen LogP contribution in [-0.4, -0.2) is 12.6 Å². The number of nitrogens with one attached hydrogen (secondary N) is 1. The largest absolute Gasteiger partial charge is 0.314 e. The van der Waals surface area contributed by atoms with Gasteiger partial charge in [0.2, 0.25) is 0 Å². The molecule has 0 radical (unpaired) electrons. The van der Waals surface area contributed by atoms with Gasteiger partial charge < -0.3 is 5.32 Å². The summed E-state index contributed by atoms with van der Waals surface area (Å²) in [6, 6.07) is 4.33. The number of rotatable bonds is 5. The fourth-order valence-electron chi connectivity index (χ4n) is 2.95. The van der Waals surface area contributed by atoms with Crippen LogP contribution in [0.1, 0.15) is 44.6 Å². The summed E-state index contributed by atoms with van der Waals surface area (Å²) in [5.74, 6) is -0.0766. The Morgan fingerprint density at radius 1 is 1.05 bits per heavy atom. The maximum atomic E-state index is 13.0. The maximum absolute atomic E-state index is 13.0. The van der Waals surface area contributed by atoms with Gasteiger partial charge in [-0.1, -0.05) is 13.3 Å². The molecule has 2 rings (SSSR count). The van der Waals surface area contributed by atoms with Crippen molar-refractivity contribution in [3.05, 3.63) is 35.4 Å². The SMILES string of the molecule is CCC1CCC(NCCc2cc(F)cc(F)c2)CC1. The van der Waals surface area contributed by atoms with E-state index in [0.29, 0.717) is 12.5 Å². The van der Waals surface area contributed by atoms with E-state index in [0.717, 1.165) is 24.1 Å². The van der Waals surface area contributed by atoms with E-state index in [1.54, 1.807) is 0 Å². The lowest BCUT2D eigenvalue weighted by Gasteiger charge is -2.28. The molecule has 1 fully saturated rings. The molecule has 3 heteroatoms. The molecule has 0 aliphatic heterocycles. The third-order valence-electron chi connectivity index (χ3n) is 4.19. The molecule has 1 aromatic rings. The van der Waals surface area contributed by atoms with E-state index in [1.165, 1.54) is 44.2 Å². The zero-order chi connectivity index (χ0) is 13.7. The lowest BCUT2D eigenvalue weighted by atomic mass is 9.84. The van der Waals surface area contributed by atoms with Crippen LogP contribution in [0.25, 0.3) is 0 Å². The zero-order valence-corrected chi connectivity index (χ0v) is 11.6. The zero-order valence-electron chi connectivity index (χ0n) is 11.6. The Balaban J connectivity index is 1.72. The summed E-state index contributed by atoms with van der Waals surface area (Å²) in [6.07, 6.45) is 7.05. The minimum absolute atomic E-state index is 0.488. The molecule has 0 atom stereocenters. The van der Waals surface area contributed by atoms with Crippen molar-refractivity contribution < 1.29 is 8.78 Å². The van der Waals surface area contributed by atoms with Gasteiger partial charge in [0.05, 0.1) is 0 Å². The Kier molecular flexibility index (Phi) is 5.32. The molecular weight excluding hydrogens is 244 g/mol. The Labute approximate surface area is 114 Å². The lowest BCUT2D eigenvalue weighted by Crippen LogP contribution is -2.34. The minimum atomic E-state index is -0.488. The summed E-state index contributed by atoms with van der Waals surface area (Å²) in [5.41, 5.74) is 0.729. The quantitative estimate of drug-likeness (QED) is 0.848. The van der Waals surface area contributed by atoms with Gasteiger partial charge in [0.25, 0.3) is 0 Å². The van der Waals surface area contributed by atoms with Crippen molar-refractivity contribution in [3.8, 4) is 0 Å². The molecular formula is C16H23F2N. The summed E-state index contributed by atoms with van der Waals surface area (Å²) in [7, 11) is 0. The molecule has 0 unspecified atom stereocenters. The summed E-state index contributed by atoms with van der Waals surface area (Å²) in [6.45, 7) is 3.06. The van der Waals surface area contributed by atoms with Gasteiger partial charge in [0.15, 0.2) is 0 Å². The van der Waals surface area contributed by atoms with Crippen molar-refractivity contribution in [3.63, 3.8) is 0 Å². The van der Waals surface area contributed by atoms with Gasteiger partial charge in [0.1, 0.15) is 11.6 Å². The van der Waals surface area contributed by atoms with E-state index in [1.807, 2.05) is 0 Å². The average Bonchev–Trinajstić information content (AvgIpc) is 2.38. The Morgan fingerprint density at radius 2 is 1.68 bits per heavy atom. The topological polar surface area (TPSA) is 12.0 Å². The number of hydrogen-bond donors (Lipinski definition) is 1. The van der Waals surface area contributed by atoms with Crippen molar-refractivity contribution in [2.45, 2.75) is 51.5 Å². The van der Waals surface area contributed by atoms with Crippen molar-refractivity contribution in [1.29, 1.82) is 0 Å². The second-order valence-corrected chi connectivity index (χ2v) is 5.61. The first kappa shape index (κ1) is 14.4. The molecule has 1 N–H and O–H groups in total. The standard InChI is InChI=1S/C16H23F2N/c1-2-12-3-5-16(6-4-12)19-8-7-13-9-14(17)11-15(18)10-13/h9-12,16,19H,2-8H2,1H3. The highest BCUT2D eigenvalue weighted by atomic mass is 19.1. The smallest absolute Gasteiger partial charge is 0.126 e. The summed E-state index contributed by atoms with van der Waals surface area (Å²) in [4.78, 5) is 0. The second kappa shape index (κ2) is 6.99. The third kappa shape index (κ3) is 4.57. The van der Waals surface area contributed by atoms with Crippen LogP contribution in [0.4, 0.5) is 8.78 Å². The van der Waals surface area contributed by atoms with Crippen LogP contribution in [0.3, 0.4) is 0 Å².